The van der Waals surface area contributed by atoms with Crippen LogP contribution in [0.2, 0.25) is 0 Å². The van der Waals surface area contributed by atoms with Crippen LogP contribution >= 0.6 is 0 Å². The molecule has 1 saturated heterocycles. The van der Waals surface area contributed by atoms with Crippen LogP contribution in [-0.4, -0.2) is 35.4 Å². The predicted octanol–water partition coefficient (Wildman–Crippen LogP) is 0.915. The summed E-state index contributed by atoms with van der Waals surface area (Å²) in [5, 5.41) is 13.5. The number of rotatable bonds is 4. The van der Waals surface area contributed by atoms with E-state index in [4.69, 9.17) is 0 Å². The molecule has 2 rings (SSSR count). The zero-order valence-electron chi connectivity index (χ0n) is 10.1. The van der Waals surface area contributed by atoms with Gasteiger partial charge in [0.2, 0.25) is 5.91 Å². The number of hydrogen-bond acceptors (Lipinski definition) is 4. The lowest BCUT2D eigenvalue weighted by atomic mass is 10.2. The molecule has 0 saturated carbocycles. The van der Waals surface area contributed by atoms with Crippen LogP contribution in [0.1, 0.15) is 12.0 Å². The Hall–Kier alpha value is -1.95. The Morgan fingerprint density at radius 1 is 1.44 bits per heavy atom. The second kappa shape index (κ2) is 5.14. The Bertz CT molecular complexity index is 458. The largest absolute Gasteiger partial charge is 0.337 e. The van der Waals surface area contributed by atoms with Crippen molar-refractivity contribution in [3.05, 3.63) is 39.9 Å². The Labute approximate surface area is 105 Å². The Kier molecular flexibility index (Phi) is 3.57. The van der Waals surface area contributed by atoms with Crippen molar-refractivity contribution in [3.63, 3.8) is 0 Å². The number of hydrogen-bond donors (Lipinski definition) is 1. The molecule has 1 fully saturated rings. The van der Waals surface area contributed by atoms with E-state index in [2.05, 4.69) is 5.32 Å². The minimum atomic E-state index is -0.429. The van der Waals surface area contributed by atoms with Gasteiger partial charge in [-0.2, -0.15) is 0 Å². The van der Waals surface area contributed by atoms with E-state index in [1.54, 1.807) is 24.1 Å². The van der Waals surface area contributed by atoms with Crippen molar-refractivity contribution in [1.29, 1.82) is 0 Å². The summed E-state index contributed by atoms with van der Waals surface area (Å²) in [5.74, 6) is 0.0934. The van der Waals surface area contributed by atoms with Crippen LogP contribution in [0.25, 0.3) is 0 Å². The first-order chi connectivity index (χ1) is 8.61. The van der Waals surface area contributed by atoms with Crippen molar-refractivity contribution < 1.29 is 9.72 Å². The molecule has 1 aromatic carbocycles. The number of nitro benzene ring substituents is 1. The van der Waals surface area contributed by atoms with E-state index in [1.807, 2.05) is 0 Å². The molecule has 6 heteroatoms. The van der Waals surface area contributed by atoms with E-state index < -0.39 is 4.92 Å². The SMILES string of the molecule is CNC1CCN(Cc2ccc([N+](=O)[O-])cc2)C1=O. The van der Waals surface area contributed by atoms with E-state index in [0.29, 0.717) is 6.54 Å². The molecule has 0 aliphatic carbocycles. The topological polar surface area (TPSA) is 75.5 Å². The van der Waals surface area contributed by atoms with Crippen molar-refractivity contribution in [3.8, 4) is 0 Å². The lowest BCUT2D eigenvalue weighted by molar-refractivity contribution is -0.384. The first-order valence-corrected chi connectivity index (χ1v) is 5.81. The summed E-state index contributed by atoms with van der Waals surface area (Å²) in [5.41, 5.74) is 0.977. The van der Waals surface area contributed by atoms with Gasteiger partial charge in [-0.3, -0.25) is 14.9 Å². The number of non-ortho nitro benzene ring substituents is 1. The second-order valence-electron chi connectivity index (χ2n) is 4.31. The fourth-order valence-electron chi connectivity index (χ4n) is 2.11. The average molecular weight is 249 g/mol. The summed E-state index contributed by atoms with van der Waals surface area (Å²) in [6.45, 7) is 1.23. The third-order valence-corrected chi connectivity index (χ3v) is 3.17. The molecule has 6 nitrogen and oxygen atoms in total. The molecule has 96 valence electrons. The van der Waals surface area contributed by atoms with Crippen molar-refractivity contribution in [1.82, 2.24) is 10.2 Å². The van der Waals surface area contributed by atoms with Gasteiger partial charge in [-0.05, 0) is 19.0 Å². The molecule has 0 radical (unpaired) electrons. The number of likely N-dealkylation sites (tertiary alicyclic amines) is 1. The van der Waals surface area contributed by atoms with Crippen LogP contribution in [0.5, 0.6) is 0 Å². The van der Waals surface area contributed by atoms with Gasteiger partial charge in [0.05, 0.1) is 11.0 Å². The van der Waals surface area contributed by atoms with Gasteiger partial charge in [-0.15, -0.1) is 0 Å². The quantitative estimate of drug-likeness (QED) is 0.636. The van der Waals surface area contributed by atoms with Crippen molar-refractivity contribution >= 4 is 11.6 Å². The van der Waals surface area contributed by atoms with Crippen LogP contribution in [0.4, 0.5) is 5.69 Å². The molecular weight excluding hydrogens is 234 g/mol. The molecule has 1 amide bonds. The number of nitrogens with zero attached hydrogens (tertiary/aromatic N) is 2. The smallest absolute Gasteiger partial charge is 0.269 e. The minimum Gasteiger partial charge on any atom is -0.337 e. The van der Waals surface area contributed by atoms with Gasteiger partial charge in [-0.1, -0.05) is 12.1 Å². The first-order valence-electron chi connectivity index (χ1n) is 5.81. The number of nitro groups is 1. The fourth-order valence-corrected chi connectivity index (χ4v) is 2.11. The first kappa shape index (κ1) is 12.5. The van der Waals surface area contributed by atoms with Gasteiger partial charge in [0.25, 0.3) is 5.69 Å². The highest BCUT2D eigenvalue weighted by Gasteiger charge is 2.29. The molecule has 1 N–H and O–H groups in total. The predicted molar refractivity (Wildman–Crippen MR) is 66.0 cm³/mol. The summed E-state index contributed by atoms with van der Waals surface area (Å²) in [6.07, 6.45) is 0.808. The number of likely N-dealkylation sites (N-methyl/N-ethyl adjacent to an activating group) is 1. The molecule has 1 aromatic rings. The molecule has 1 atom stereocenters. The zero-order chi connectivity index (χ0) is 13.1. The lowest BCUT2D eigenvalue weighted by Crippen LogP contribution is -2.35. The third kappa shape index (κ3) is 2.48. The molecule has 18 heavy (non-hydrogen) atoms. The summed E-state index contributed by atoms with van der Waals surface area (Å²) in [7, 11) is 1.78. The second-order valence-corrected chi connectivity index (χ2v) is 4.31. The summed E-state index contributed by atoms with van der Waals surface area (Å²) < 4.78 is 0. The van der Waals surface area contributed by atoms with Crippen molar-refractivity contribution in [2.45, 2.75) is 19.0 Å². The maximum absolute atomic E-state index is 11.9. The van der Waals surface area contributed by atoms with E-state index >= 15 is 0 Å². The van der Waals surface area contributed by atoms with Gasteiger partial charge < -0.3 is 10.2 Å². The van der Waals surface area contributed by atoms with Gasteiger partial charge >= 0.3 is 0 Å². The van der Waals surface area contributed by atoms with E-state index in [0.717, 1.165) is 18.5 Å². The fraction of sp³-hybridized carbons (Fsp3) is 0.417. The molecular formula is C12H15N3O3. The molecule has 1 heterocycles. The average Bonchev–Trinajstić information content (AvgIpc) is 2.71. The van der Waals surface area contributed by atoms with Crippen molar-refractivity contribution in [2.75, 3.05) is 13.6 Å². The number of nitrogens with one attached hydrogen (secondary N) is 1. The van der Waals surface area contributed by atoms with Crippen LogP contribution in [0.3, 0.4) is 0 Å². The van der Waals surface area contributed by atoms with E-state index in [9.17, 15) is 14.9 Å². The highest BCUT2D eigenvalue weighted by Crippen LogP contribution is 2.17. The van der Waals surface area contributed by atoms with Crippen LogP contribution in [-0.2, 0) is 11.3 Å². The van der Waals surface area contributed by atoms with E-state index in [1.165, 1.54) is 12.1 Å². The summed E-state index contributed by atoms with van der Waals surface area (Å²) in [6, 6.07) is 6.22. The maximum atomic E-state index is 11.9. The van der Waals surface area contributed by atoms with Crippen LogP contribution < -0.4 is 5.32 Å². The third-order valence-electron chi connectivity index (χ3n) is 3.17. The van der Waals surface area contributed by atoms with Gasteiger partial charge in [-0.25, -0.2) is 0 Å². The number of amides is 1. The molecule has 0 bridgehead atoms. The van der Waals surface area contributed by atoms with Gasteiger partial charge in [0.15, 0.2) is 0 Å². The molecule has 1 aliphatic rings. The Morgan fingerprint density at radius 3 is 2.61 bits per heavy atom. The summed E-state index contributed by atoms with van der Waals surface area (Å²) in [4.78, 5) is 23.7. The highest BCUT2D eigenvalue weighted by atomic mass is 16.6. The number of carbonyl (C=O) groups excluding carboxylic acids is 1. The number of carbonyl (C=O) groups is 1. The van der Waals surface area contributed by atoms with Crippen LogP contribution in [0, 0.1) is 10.1 Å². The highest BCUT2D eigenvalue weighted by molar-refractivity contribution is 5.83. The maximum Gasteiger partial charge on any atom is 0.269 e. The normalized spacial score (nSPS) is 19.3. The number of benzene rings is 1. The molecule has 0 aromatic heterocycles. The molecule has 0 spiro atoms. The van der Waals surface area contributed by atoms with Gasteiger partial charge in [0.1, 0.15) is 0 Å². The molecule has 1 aliphatic heterocycles. The monoisotopic (exact) mass is 249 g/mol. The standard InChI is InChI=1S/C12H15N3O3/c1-13-11-6-7-14(12(11)16)8-9-2-4-10(5-3-9)15(17)18/h2-5,11,13H,6-8H2,1H3. The summed E-state index contributed by atoms with van der Waals surface area (Å²) >= 11 is 0. The molecule has 1 unspecified atom stereocenters. The zero-order valence-corrected chi connectivity index (χ0v) is 10.1. The minimum absolute atomic E-state index is 0.0691. The van der Waals surface area contributed by atoms with E-state index in [-0.39, 0.29) is 17.6 Å². The van der Waals surface area contributed by atoms with Gasteiger partial charge in [0, 0.05) is 25.2 Å². The van der Waals surface area contributed by atoms with Crippen LogP contribution in [0.15, 0.2) is 24.3 Å². The van der Waals surface area contributed by atoms with Crippen molar-refractivity contribution in [2.24, 2.45) is 0 Å². The Balaban J connectivity index is 2.02. The lowest BCUT2D eigenvalue weighted by Gasteiger charge is -2.16. The Morgan fingerprint density at radius 2 is 2.11 bits per heavy atom.